The molecular formula is C16H22O6. The minimum absolute atomic E-state index is 0.103. The van der Waals surface area contributed by atoms with E-state index in [1.165, 1.54) is 0 Å². The highest BCUT2D eigenvalue weighted by atomic mass is 16.4. The van der Waals surface area contributed by atoms with Crippen molar-refractivity contribution in [3.8, 4) is 0 Å². The predicted molar refractivity (Wildman–Crippen MR) is 84.4 cm³/mol. The fraction of sp³-hybridized carbons (Fsp3) is 0.250. The van der Waals surface area contributed by atoms with Crippen molar-refractivity contribution in [1.29, 1.82) is 0 Å². The molecule has 4 N–H and O–H groups in total. The van der Waals surface area contributed by atoms with Gasteiger partial charge in [-0.3, -0.25) is 9.59 Å². The maximum absolute atomic E-state index is 9.05. The Morgan fingerprint density at radius 1 is 1.00 bits per heavy atom. The van der Waals surface area contributed by atoms with E-state index < -0.39 is 11.9 Å². The molecule has 0 aliphatic rings. The van der Waals surface area contributed by atoms with E-state index in [1.807, 2.05) is 36.4 Å². The van der Waals surface area contributed by atoms with Crippen LogP contribution in [-0.4, -0.2) is 45.6 Å². The molecule has 0 amide bonds. The normalized spacial score (nSPS) is 9.55. The number of rotatable bonds is 4. The quantitative estimate of drug-likeness (QED) is 0.630. The van der Waals surface area contributed by atoms with Crippen LogP contribution in [0.5, 0.6) is 0 Å². The summed E-state index contributed by atoms with van der Waals surface area (Å²) in [5.74, 6) is -1.67. The Morgan fingerprint density at radius 2 is 1.41 bits per heavy atom. The molecule has 0 radical (unpaired) electrons. The zero-order valence-corrected chi connectivity index (χ0v) is 12.7. The second-order valence-corrected chi connectivity index (χ2v) is 4.04. The van der Waals surface area contributed by atoms with Crippen molar-refractivity contribution in [2.24, 2.45) is 0 Å². The Morgan fingerprint density at radius 3 is 1.73 bits per heavy atom. The molecule has 0 fully saturated rings. The fourth-order valence-electron chi connectivity index (χ4n) is 1.11. The summed E-state index contributed by atoms with van der Waals surface area (Å²) in [7, 11) is 0. The van der Waals surface area contributed by atoms with E-state index in [4.69, 9.17) is 30.0 Å². The molecule has 0 spiro atoms. The Balaban J connectivity index is 0. The molecule has 0 atom stereocenters. The Kier molecular flexibility index (Phi) is 13.4. The number of aliphatic hydroxyl groups is 2. The third kappa shape index (κ3) is 15.6. The Hall–Kier alpha value is -2.44. The molecule has 0 unspecified atom stereocenters. The fourth-order valence-corrected chi connectivity index (χ4v) is 1.11. The molecule has 1 aromatic carbocycles. The monoisotopic (exact) mass is 310 g/mol. The highest BCUT2D eigenvalue weighted by molar-refractivity contribution is 5.63. The molecular weight excluding hydrogens is 288 g/mol. The molecule has 0 saturated heterocycles. The zero-order chi connectivity index (χ0) is 17.5. The van der Waals surface area contributed by atoms with Gasteiger partial charge < -0.3 is 20.4 Å². The van der Waals surface area contributed by atoms with Crippen molar-refractivity contribution in [1.82, 2.24) is 0 Å². The van der Waals surface area contributed by atoms with E-state index in [1.54, 1.807) is 0 Å². The summed E-state index contributed by atoms with van der Waals surface area (Å²) in [4.78, 5) is 18.0. The second kappa shape index (κ2) is 13.5. The third-order valence-corrected chi connectivity index (χ3v) is 1.96. The van der Waals surface area contributed by atoms with E-state index in [9.17, 15) is 0 Å². The first-order chi connectivity index (χ1) is 10.2. The van der Waals surface area contributed by atoms with Crippen LogP contribution in [0.4, 0.5) is 0 Å². The van der Waals surface area contributed by atoms with Gasteiger partial charge in [0.25, 0.3) is 11.9 Å². The minimum Gasteiger partial charge on any atom is -0.481 e. The van der Waals surface area contributed by atoms with Gasteiger partial charge in [-0.2, -0.15) is 0 Å². The molecule has 6 nitrogen and oxygen atoms in total. The summed E-state index contributed by atoms with van der Waals surface area (Å²) in [5, 5.41) is 32.7. The Bertz CT molecular complexity index is 471. The summed E-state index contributed by atoms with van der Waals surface area (Å²) in [6.45, 7) is 5.60. The third-order valence-electron chi connectivity index (χ3n) is 1.96. The number of hydrogen-bond donors (Lipinski definition) is 4. The largest absolute Gasteiger partial charge is 0.481 e. The molecule has 6 heteroatoms. The smallest absolute Gasteiger partial charge is 0.300 e. The lowest BCUT2D eigenvalue weighted by Crippen LogP contribution is -1.98. The summed E-state index contributed by atoms with van der Waals surface area (Å²) in [6, 6.07) is 9.63. The lowest BCUT2D eigenvalue weighted by molar-refractivity contribution is -0.135. The lowest BCUT2D eigenvalue weighted by atomic mass is 10.1. The summed E-state index contributed by atoms with van der Waals surface area (Å²) in [5.41, 5.74) is 2.21. The molecule has 0 aliphatic heterocycles. The molecule has 122 valence electrons. The zero-order valence-electron chi connectivity index (χ0n) is 12.7. The standard InChI is InChI=1S/C12H14O2.2C2H4O2/c1-10(8-13)12(9-14)7-11-5-3-2-4-6-11;2*1-2(3)4/h2-7,13-14H,1,8-9H2;2*1H3,(H,3,4). The van der Waals surface area contributed by atoms with Gasteiger partial charge in [0.15, 0.2) is 0 Å². The topological polar surface area (TPSA) is 115 Å². The number of aliphatic hydroxyl groups excluding tert-OH is 2. The van der Waals surface area contributed by atoms with Crippen LogP contribution in [0.25, 0.3) is 6.08 Å². The van der Waals surface area contributed by atoms with Gasteiger partial charge in [-0.15, -0.1) is 0 Å². The maximum Gasteiger partial charge on any atom is 0.300 e. The Labute approximate surface area is 129 Å². The van der Waals surface area contributed by atoms with Crippen LogP contribution < -0.4 is 0 Å². The number of hydrogen-bond acceptors (Lipinski definition) is 4. The van der Waals surface area contributed by atoms with Crippen molar-refractivity contribution < 1.29 is 30.0 Å². The summed E-state index contributed by atoms with van der Waals surface area (Å²) < 4.78 is 0. The summed E-state index contributed by atoms with van der Waals surface area (Å²) >= 11 is 0. The average Bonchev–Trinajstić information content (AvgIpc) is 2.44. The van der Waals surface area contributed by atoms with Crippen molar-refractivity contribution in [3.05, 3.63) is 53.6 Å². The average molecular weight is 310 g/mol. The van der Waals surface area contributed by atoms with E-state index >= 15 is 0 Å². The number of carboxylic acid groups (broad SMARTS) is 2. The first kappa shape index (κ1) is 21.9. The van der Waals surface area contributed by atoms with Crippen LogP contribution in [-0.2, 0) is 9.59 Å². The van der Waals surface area contributed by atoms with E-state index in [-0.39, 0.29) is 13.2 Å². The molecule has 22 heavy (non-hydrogen) atoms. The van der Waals surface area contributed by atoms with E-state index in [0.717, 1.165) is 19.4 Å². The highest BCUT2D eigenvalue weighted by Crippen LogP contribution is 2.12. The number of aliphatic carboxylic acids is 2. The van der Waals surface area contributed by atoms with E-state index in [2.05, 4.69) is 6.58 Å². The number of benzene rings is 1. The van der Waals surface area contributed by atoms with Gasteiger partial charge in [0, 0.05) is 13.8 Å². The predicted octanol–water partition coefficient (Wildman–Crippen LogP) is 1.79. The lowest BCUT2D eigenvalue weighted by Gasteiger charge is -2.04. The molecule has 1 rings (SSSR count). The van der Waals surface area contributed by atoms with Gasteiger partial charge in [-0.25, -0.2) is 0 Å². The summed E-state index contributed by atoms with van der Waals surface area (Å²) in [6.07, 6.45) is 1.82. The van der Waals surface area contributed by atoms with Gasteiger partial charge in [-0.05, 0) is 22.8 Å². The minimum atomic E-state index is -0.833. The van der Waals surface area contributed by atoms with Gasteiger partial charge in [-0.1, -0.05) is 36.9 Å². The molecule has 0 saturated carbocycles. The van der Waals surface area contributed by atoms with Crippen LogP contribution in [0.2, 0.25) is 0 Å². The van der Waals surface area contributed by atoms with Crippen molar-refractivity contribution >= 4 is 18.0 Å². The van der Waals surface area contributed by atoms with Crippen LogP contribution >= 0.6 is 0 Å². The van der Waals surface area contributed by atoms with Gasteiger partial charge in [0.2, 0.25) is 0 Å². The maximum atomic E-state index is 9.05. The number of carboxylic acids is 2. The second-order valence-electron chi connectivity index (χ2n) is 4.04. The highest BCUT2D eigenvalue weighted by Gasteiger charge is 1.99. The van der Waals surface area contributed by atoms with Crippen LogP contribution in [0.1, 0.15) is 19.4 Å². The first-order valence-electron chi connectivity index (χ1n) is 6.29. The molecule has 0 heterocycles. The van der Waals surface area contributed by atoms with Crippen molar-refractivity contribution in [3.63, 3.8) is 0 Å². The van der Waals surface area contributed by atoms with Gasteiger partial charge in [0.1, 0.15) is 0 Å². The molecule has 0 aliphatic carbocycles. The van der Waals surface area contributed by atoms with Gasteiger partial charge in [0.05, 0.1) is 13.2 Å². The van der Waals surface area contributed by atoms with Crippen LogP contribution in [0.3, 0.4) is 0 Å². The number of carbonyl (C=O) groups is 2. The molecule has 0 bridgehead atoms. The molecule has 0 aromatic heterocycles. The van der Waals surface area contributed by atoms with Crippen molar-refractivity contribution in [2.75, 3.05) is 13.2 Å². The van der Waals surface area contributed by atoms with Crippen molar-refractivity contribution in [2.45, 2.75) is 13.8 Å². The van der Waals surface area contributed by atoms with Gasteiger partial charge >= 0.3 is 0 Å². The van der Waals surface area contributed by atoms with E-state index in [0.29, 0.717) is 11.1 Å². The van der Waals surface area contributed by atoms with Crippen LogP contribution in [0.15, 0.2) is 48.1 Å². The SMILES string of the molecule is C=C(CO)C(=Cc1ccccc1)CO.CC(=O)O.CC(=O)O. The molecule has 1 aromatic rings. The van der Waals surface area contributed by atoms with Crippen LogP contribution in [0, 0.1) is 0 Å². The first-order valence-corrected chi connectivity index (χ1v) is 6.29.